The smallest absolute Gasteiger partial charge is 0.186 e. The molecule has 2 aromatic carbocycles. The van der Waals surface area contributed by atoms with Crippen LogP contribution in [0, 0.1) is 5.82 Å². The van der Waals surface area contributed by atoms with Gasteiger partial charge in [0.05, 0.1) is 17.8 Å². The molecule has 0 radical (unpaired) electrons. The maximum atomic E-state index is 13.0. The van der Waals surface area contributed by atoms with E-state index in [-0.39, 0.29) is 12.4 Å². The van der Waals surface area contributed by atoms with Gasteiger partial charge in [-0.1, -0.05) is 23.7 Å². The van der Waals surface area contributed by atoms with Crippen LogP contribution in [0.25, 0.3) is 0 Å². The third-order valence-corrected chi connectivity index (χ3v) is 3.86. The highest BCUT2D eigenvalue weighted by Gasteiger charge is 2.12. The molecule has 2 N–H and O–H groups in total. The van der Waals surface area contributed by atoms with E-state index in [0.717, 1.165) is 11.1 Å². The number of benzene rings is 2. The van der Waals surface area contributed by atoms with Crippen molar-refractivity contribution in [2.24, 2.45) is 5.10 Å². The van der Waals surface area contributed by atoms with E-state index >= 15 is 0 Å². The lowest BCUT2D eigenvalue weighted by Gasteiger charge is -2.14. The molecule has 27 heavy (non-hydrogen) atoms. The molecule has 0 saturated heterocycles. The summed E-state index contributed by atoms with van der Waals surface area (Å²) in [6.07, 6.45) is 1.59. The Labute approximate surface area is 168 Å². The minimum Gasteiger partial charge on any atom is -0.490 e. The number of thiocarbonyl (C=S) groups is 1. The van der Waals surface area contributed by atoms with Crippen molar-refractivity contribution in [1.82, 2.24) is 10.7 Å². The molecule has 0 aliphatic heterocycles. The molecule has 0 saturated carbocycles. The predicted molar refractivity (Wildman–Crippen MR) is 110 cm³/mol. The van der Waals surface area contributed by atoms with Crippen molar-refractivity contribution in [2.45, 2.75) is 20.5 Å². The van der Waals surface area contributed by atoms with Crippen LogP contribution in [0.3, 0.4) is 0 Å². The number of rotatable bonds is 8. The third-order valence-electron chi connectivity index (χ3n) is 3.35. The molecule has 0 amide bonds. The Bertz CT molecular complexity index is 800. The van der Waals surface area contributed by atoms with Crippen molar-refractivity contribution in [2.75, 3.05) is 13.2 Å². The fourth-order valence-corrected chi connectivity index (χ4v) is 2.64. The molecular formula is C19H21ClFN3O2S. The lowest BCUT2D eigenvalue weighted by molar-refractivity contribution is 0.269. The highest BCUT2D eigenvalue weighted by Crippen LogP contribution is 2.36. The minimum absolute atomic E-state index is 0.242. The highest BCUT2D eigenvalue weighted by molar-refractivity contribution is 7.80. The molecule has 5 nitrogen and oxygen atoms in total. The summed E-state index contributed by atoms with van der Waals surface area (Å²) in [6.45, 7) is 5.21. The van der Waals surface area contributed by atoms with Crippen LogP contribution in [0.4, 0.5) is 4.39 Å². The van der Waals surface area contributed by atoms with Crippen molar-refractivity contribution in [3.8, 4) is 11.5 Å². The van der Waals surface area contributed by atoms with Crippen LogP contribution < -0.4 is 20.2 Å². The van der Waals surface area contributed by atoms with Crippen LogP contribution in [0.15, 0.2) is 41.5 Å². The Kier molecular flexibility index (Phi) is 8.29. The predicted octanol–water partition coefficient (Wildman–Crippen LogP) is 4.27. The zero-order valence-electron chi connectivity index (χ0n) is 15.1. The number of ether oxygens (including phenoxy) is 2. The van der Waals surface area contributed by atoms with Crippen molar-refractivity contribution in [3.63, 3.8) is 0 Å². The zero-order valence-corrected chi connectivity index (χ0v) is 16.7. The number of nitrogens with zero attached hydrogens (tertiary/aromatic N) is 1. The fourth-order valence-electron chi connectivity index (χ4n) is 2.17. The Balaban J connectivity index is 2.13. The second-order valence-electron chi connectivity index (χ2n) is 5.41. The summed E-state index contributed by atoms with van der Waals surface area (Å²) in [5, 5.41) is 7.82. The molecule has 0 bridgehead atoms. The van der Waals surface area contributed by atoms with E-state index in [0.29, 0.717) is 34.8 Å². The zero-order chi connectivity index (χ0) is 19.6. The molecule has 0 atom stereocenters. The van der Waals surface area contributed by atoms with Gasteiger partial charge in [-0.2, -0.15) is 5.10 Å². The van der Waals surface area contributed by atoms with E-state index in [2.05, 4.69) is 15.8 Å². The lowest BCUT2D eigenvalue weighted by Crippen LogP contribution is -2.31. The molecule has 2 aromatic rings. The van der Waals surface area contributed by atoms with Crippen molar-refractivity contribution >= 4 is 35.1 Å². The normalized spacial score (nSPS) is 10.7. The summed E-state index contributed by atoms with van der Waals surface area (Å²) in [6, 6.07) is 9.57. The molecule has 0 heterocycles. The van der Waals surface area contributed by atoms with Gasteiger partial charge in [-0.25, -0.2) is 4.39 Å². The standard InChI is InChI=1S/C19H21ClFN3O2S/c1-3-22-19(27)24-23-11-14-9-16(20)18(17(10-14)25-4-2)26-12-13-5-7-15(21)8-6-13/h5-11H,3-4,12H2,1-2H3,(H2,22,24,27). The summed E-state index contributed by atoms with van der Waals surface area (Å²) in [5.41, 5.74) is 4.26. The first-order valence-electron chi connectivity index (χ1n) is 8.44. The first-order valence-corrected chi connectivity index (χ1v) is 9.22. The molecule has 0 unspecified atom stereocenters. The van der Waals surface area contributed by atoms with E-state index in [1.807, 2.05) is 13.8 Å². The van der Waals surface area contributed by atoms with Crippen LogP contribution in [0.1, 0.15) is 25.0 Å². The van der Waals surface area contributed by atoms with Crippen LogP contribution >= 0.6 is 23.8 Å². The van der Waals surface area contributed by atoms with E-state index < -0.39 is 0 Å². The Morgan fingerprint density at radius 1 is 1.22 bits per heavy atom. The number of hydrazone groups is 1. The first kappa shape index (κ1) is 20.9. The van der Waals surface area contributed by atoms with Gasteiger partial charge in [0.2, 0.25) is 0 Å². The molecule has 2 rings (SSSR count). The summed E-state index contributed by atoms with van der Waals surface area (Å²) < 4.78 is 24.5. The maximum absolute atomic E-state index is 13.0. The summed E-state index contributed by atoms with van der Waals surface area (Å²) in [4.78, 5) is 0. The van der Waals surface area contributed by atoms with Gasteiger partial charge in [0.25, 0.3) is 0 Å². The first-order chi connectivity index (χ1) is 13.0. The van der Waals surface area contributed by atoms with Gasteiger partial charge in [0.1, 0.15) is 12.4 Å². The van der Waals surface area contributed by atoms with Gasteiger partial charge in [0, 0.05) is 6.54 Å². The molecule has 0 fully saturated rings. The topological polar surface area (TPSA) is 54.9 Å². The van der Waals surface area contributed by atoms with Gasteiger partial charge in [-0.3, -0.25) is 5.43 Å². The molecule has 0 spiro atoms. The van der Waals surface area contributed by atoms with Crippen LogP contribution in [0.5, 0.6) is 11.5 Å². The molecule has 0 aliphatic carbocycles. The lowest BCUT2D eigenvalue weighted by atomic mass is 10.2. The Morgan fingerprint density at radius 3 is 2.63 bits per heavy atom. The van der Waals surface area contributed by atoms with Gasteiger partial charge >= 0.3 is 0 Å². The number of hydrogen-bond donors (Lipinski definition) is 2. The monoisotopic (exact) mass is 409 g/mol. The minimum atomic E-state index is -0.294. The molecule has 0 aliphatic rings. The van der Waals surface area contributed by atoms with E-state index in [1.165, 1.54) is 12.1 Å². The van der Waals surface area contributed by atoms with Crippen molar-refractivity contribution in [3.05, 3.63) is 58.4 Å². The Hall–Kier alpha value is -2.38. The number of hydrogen-bond acceptors (Lipinski definition) is 4. The van der Waals surface area contributed by atoms with Crippen LogP contribution in [-0.2, 0) is 6.61 Å². The second kappa shape index (κ2) is 10.7. The summed E-state index contributed by atoms with van der Waals surface area (Å²) in [5.74, 6) is 0.636. The number of nitrogens with one attached hydrogen (secondary N) is 2. The fraction of sp³-hybridized carbons (Fsp3) is 0.263. The summed E-state index contributed by atoms with van der Waals surface area (Å²) in [7, 11) is 0. The largest absolute Gasteiger partial charge is 0.490 e. The average Bonchev–Trinajstić information content (AvgIpc) is 2.63. The maximum Gasteiger partial charge on any atom is 0.186 e. The van der Waals surface area contributed by atoms with Gasteiger partial charge in [-0.05, 0) is 61.5 Å². The van der Waals surface area contributed by atoms with E-state index in [9.17, 15) is 4.39 Å². The second-order valence-corrected chi connectivity index (χ2v) is 6.22. The van der Waals surface area contributed by atoms with Crippen LogP contribution in [0.2, 0.25) is 5.02 Å². The summed E-state index contributed by atoms with van der Waals surface area (Å²) >= 11 is 11.4. The van der Waals surface area contributed by atoms with Gasteiger partial charge in [0.15, 0.2) is 16.6 Å². The average molecular weight is 410 g/mol. The van der Waals surface area contributed by atoms with Gasteiger partial charge in [-0.15, -0.1) is 0 Å². The molecule has 144 valence electrons. The van der Waals surface area contributed by atoms with E-state index in [1.54, 1.807) is 30.5 Å². The van der Waals surface area contributed by atoms with Crippen LogP contribution in [-0.4, -0.2) is 24.5 Å². The third kappa shape index (κ3) is 6.69. The molecule has 0 aromatic heterocycles. The quantitative estimate of drug-likeness (QED) is 0.387. The van der Waals surface area contributed by atoms with Gasteiger partial charge < -0.3 is 14.8 Å². The van der Waals surface area contributed by atoms with Crippen molar-refractivity contribution < 1.29 is 13.9 Å². The van der Waals surface area contributed by atoms with E-state index in [4.69, 9.17) is 33.3 Å². The highest BCUT2D eigenvalue weighted by atomic mass is 35.5. The number of halogens is 2. The Morgan fingerprint density at radius 2 is 1.96 bits per heavy atom. The SMILES string of the molecule is CCNC(=S)NN=Cc1cc(Cl)c(OCc2ccc(F)cc2)c(OCC)c1. The van der Waals surface area contributed by atoms with Crippen molar-refractivity contribution in [1.29, 1.82) is 0 Å². The molecule has 8 heteroatoms. The molecular weight excluding hydrogens is 389 g/mol.